The number of rotatable bonds is 4. The van der Waals surface area contributed by atoms with Gasteiger partial charge in [-0.3, -0.25) is 0 Å². The Kier molecular flexibility index (Phi) is 4.14. The highest BCUT2D eigenvalue weighted by molar-refractivity contribution is 7.12. The lowest BCUT2D eigenvalue weighted by atomic mass is 10.1. The van der Waals surface area contributed by atoms with E-state index in [1.165, 1.54) is 23.5 Å². The molecule has 7 heteroatoms. The number of methoxy groups -OCH3 is 1. The van der Waals surface area contributed by atoms with E-state index in [-0.39, 0.29) is 5.82 Å². The Morgan fingerprint density at radius 2 is 1.73 bits per heavy atom. The summed E-state index contributed by atoms with van der Waals surface area (Å²) in [5, 5.41) is 6.93. The highest BCUT2D eigenvalue weighted by atomic mass is 32.1. The van der Waals surface area contributed by atoms with E-state index in [9.17, 15) is 4.39 Å². The van der Waals surface area contributed by atoms with Crippen molar-refractivity contribution in [1.82, 2.24) is 14.8 Å². The molecule has 4 rings (SSSR count). The number of nitrogens with two attached hydrogens (primary N) is 1. The number of thiazole rings is 1. The SMILES string of the molecule is COc1ccc(-c2cnn(-c3nc(-c4ccc(F)cc4)cs3)c2N)cc1. The number of nitrogen functional groups attached to an aromatic ring is 1. The quantitative estimate of drug-likeness (QED) is 0.582. The molecule has 0 saturated carbocycles. The molecule has 0 fully saturated rings. The van der Waals surface area contributed by atoms with Crippen LogP contribution in [0.15, 0.2) is 60.1 Å². The monoisotopic (exact) mass is 366 g/mol. The molecule has 0 spiro atoms. The molecular weight excluding hydrogens is 351 g/mol. The predicted octanol–water partition coefficient (Wildman–Crippen LogP) is 4.39. The summed E-state index contributed by atoms with van der Waals surface area (Å²) >= 11 is 1.43. The van der Waals surface area contributed by atoms with E-state index >= 15 is 0 Å². The molecule has 2 aromatic carbocycles. The maximum atomic E-state index is 13.1. The van der Waals surface area contributed by atoms with E-state index in [1.807, 2.05) is 29.6 Å². The third kappa shape index (κ3) is 2.93. The second-order valence-electron chi connectivity index (χ2n) is 5.61. The van der Waals surface area contributed by atoms with Crippen LogP contribution < -0.4 is 10.5 Å². The molecule has 0 radical (unpaired) electrons. The Morgan fingerprint density at radius 3 is 2.42 bits per heavy atom. The molecule has 0 saturated heterocycles. The fourth-order valence-corrected chi connectivity index (χ4v) is 3.42. The van der Waals surface area contributed by atoms with Crippen LogP contribution in [-0.4, -0.2) is 21.9 Å². The molecule has 130 valence electrons. The number of ether oxygens (including phenoxy) is 1. The van der Waals surface area contributed by atoms with Crippen molar-refractivity contribution in [2.24, 2.45) is 0 Å². The van der Waals surface area contributed by atoms with E-state index in [2.05, 4.69) is 10.1 Å². The Bertz CT molecular complexity index is 1040. The van der Waals surface area contributed by atoms with E-state index in [1.54, 1.807) is 30.1 Å². The summed E-state index contributed by atoms with van der Waals surface area (Å²) in [5.74, 6) is 1.02. The molecule has 0 atom stereocenters. The zero-order valence-electron chi connectivity index (χ0n) is 13.9. The van der Waals surface area contributed by atoms with Gasteiger partial charge >= 0.3 is 0 Å². The van der Waals surface area contributed by atoms with Crippen molar-refractivity contribution in [2.75, 3.05) is 12.8 Å². The zero-order chi connectivity index (χ0) is 18.1. The van der Waals surface area contributed by atoms with Crippen molar-refractivity contribution < 1.29 is 9.13 Å². The molecule has 0 bridgehead atoms. The van der Waals surface area contributed by atoms with Crippen LogP contribution in [0.5, 0.6) is 5.75 Å². The van der Waals surface area contributed by atoms with Gasteiger partial charge < -0.3 is 10.5 Å². The first kappa shape index (κ1) is 16.3. The molecule has 0 unspecified atom stereocenters. The van der Waals surface area contributed by atoms with Crippen LogP contribution >= 0.6 is 11.3 Å². The summed E-state index contributed by atoms with van der Waals surface area (Å²) in [6.45, 7) is 0. The molecule has 2 N–H and O–H groups in total. The fraction of sp³-hybridized carbons (Fsp3) is 0.0526. The minimum atomic E-state index is -0.273. The molecule has 0 aliphatic heterocycles. The molecule has 2 heterocycles. The maximum absolute atomic E-state index is 13.1. The molecule has 26 heavy (non-hydrogen) atoms. The Hall–Kier alpha value is -3.19. The lowest BCUT2D eigenvalue weighted by Crippen LogP contribution is -2.01. The topological polar surface area (TPSA) is 66.0 Å². The van der Waals surface area contributed by atoms with Crippen molar-refractivity contribution in [2.45, 2.75) is 0 Å². The molecule has 0 amide bonds. The number of halogens is 1. The Morgan fingerprint density at radius 1 is 1.04 bits per heavy atom. The summed E-state index contributed by atoms with van der Waals surface area (Å²) in [6.07, 6.45) is 1.72. The largest absolute Gasteiger partial charge is 0.497 e. The van der Waals surface area contributed by atoms with Crippen LogP contribution in [0.3, 0.4) is 0 Å². The minimum Gasteiger partial charge on any atom is -0.497 e. The molecule has 0 aliphatic rings. The average molecular weight is 366 g/mol. The second-order valence-corrected chi connectivity index (χ2v) is 6.44. The van der Waals surface area contributed by atoms with E-state index in [0.29, 0.717) is 10.9 Å². The summed E-state index contributed by atoms with van der Waals surface area (Å²) in [4.78, 5) is 4.57. The second kappa shape index (κ2) is 6.61. The number of hydrogen-bond donors (Lipinski definition) is 1. The summed E-state index contributed by atoms with van der Waals surface area (Å²) in [5.41, 5.74) is 9.66. The average Bonchev–Trinajstić information content (AvgIpc) is 3.29. The van der Waals surface area contributed by atoms with Crippen LogP contribution in [0, 0.1) is 5.82 Å². The van der Waals surface area contributed by atoms with Gasteiger partial charge in [-0.1, -0.05) is 12.1 Å². The summed E-state index contributed by atoms with van der Waals surface area (Å²) < 4.78 is 19.9. The molecule has 5 nitrogen and oxygen atoms in total. The van der Waals surface area contributed by atoms with Gasteiger partial charge in [0.1, 0.15) is 17.4 Å². The number of anilines is 1. The first-order valence-corrected chi connectivity index (χ1v) is 8.73. The van der Waals surface area contributed by atoms with Gasteiger partial charge in [0.25, 0.3) is 0 Å². The van der Waals surface area contributed by atoms with Crippen LogP contribution in [0.4, 0.5) is 10.2 Å². The number of aromatic nitrogens is 3. The highest BCUT2D eigenvalue weighted by Crippen LogP contribution is 2.31. The number of hydrogen-bond acceptors (Lipinski definition) is 5. The first-order valence-electron chi connectivity index (χ1n) is 7.85. The van der Waals surface area contributed by atoms with Crippen molar-refractivity contribution in [3.63, 3.8) is 0 Å². The molecular formula is C19H15FN4OS. The van der Waals surface area contributed by atoms with Gasteiger partial charge in [-0.25, -0.2) is 9.37 Å². The van der Waals surface area contributed by atoms with Crippen molar-refractivity contribution in [3.05, 3.63) is 65.9 Å². The van der Waals surface area contributed by atoms with E-state index in [0.717, 1.165) is 28.1 Å². The summed E-state index contributed by atoms with van der Waals surface area (Å²) in [7, 11) is 1.63. The third-order valence-electron chi connectivity index (χ3n) is 4.02. The van der Waals surface area contributed by atoms with Gasteiger partial charge in [-0.15, -0.1) is 11.3 Å². The van der Waals surface area contributed by atoms with Crippen molar-refractivity contribution in [3.8, 4) is 33.3 Å². The van der Waals surface area contributed by atoms with Crippen LogP contribution in [0.1, 0.15) is 0 Å². The molecule has 0 aliphatic carbocycles. The number of benzene rings is 2. The van der Waals surface area contributed by atoms with Gasteiger partial charge in [0.05, 0.1) is 19.0 Å². The van der Waals surface area contributed by atoms with Crippen LogP contribution in [-0.2, 0) is 0 Å². The van der Waals surface area contributed by atoms with Gasteiger partial charge in [0, 0.05) is 16.5 Å². The van der Waals surface area contributed by atoms with E-state index in [4.69, 9.17) is 10.5 Å². The first-order chi connectivity index (χ1) is 12.7. The van der Waals surface area contributed by atoms with Gasteiger partial charge in [0.15, 0.2) is 0 Å². The van der Waals surface area contributed by atoms with Crippen molar-refractivity contribution >= 4 is 17.2 Å². The van der Waals surface area contributed by atoms with Gasteiger partial charge in [-0.2, -0.15) is 9.78 Å². The fourth-order valence-electron chi connectivity index (χ4n) is 2.62. The lowest BCUT2D eigenvalue weighted by molar-refractivity contribution is 0.415. The van der Waals surface area contributed by atoms with Crippen LogP contribution in [0.2, 0.25) is 0 Å². The lowest BCUT2D eigenvalue weighted by Gasteiger charge is -2.04. The number of nitrogens with zero attached hydrogens (tertiary/aromatic N) is 3. The Labute approximate surface area is 153 Å². The van der Waals surface area contributed by atoms with Crippen molar-refractivity contribution in [1.29, 1.82) is 0 Å². The van der Waals surface area contributed by atoms with Gasteiger partial charge in [-0.05, 0) is 42.0 Å². The smallest absolute Gasteiger partial charge is 0.212 e. The van der Waals surface area contributed by atoms with E-state index < -0.39 is 0 Å². The molecule has 4 aromatic rings. The normalized spacial score (nSPS) is 10.8. The maximum Gasteiger partial charge on any atom is 0.212 e. The molecule has 2 aromatic heterocycles. The van der Waals surface area contributed by atoms with Crippen LogP contribution in [0.25, 0.3) is 27.5 Å². The minimum absolute atomic E-state index is 0.273. The summed E-state index contributed by atoms with van der Waals surface area (Å²) in [6, 6.07) is 13.8. The highest BCUT2D eigenvalue weighted by Gasteiger charge is 2.14. The third-order valence-corrected chi connectivity index (χ3v) is 4.84. The standard InChI is InChI=1S/C19H15FN4OS/c1-25-15-8-4-12(5-9-15)16-10-22-24(18(16)21)19-23-17(11-26-19)13-2-6-14(20)7-3-13/h2-11H,21H2,1H3. The predicted molar refractivity (Wildman–Crippen MR) is 101 cm³/mol. The Balaban J connectivity index is 1.67. The van der Waals surface area contributed by atoms with Gasteiger partial charge in [0.2, 0.25) is 5.13 Å². The zero-order valence-corrected chi connectivity index (χ0v) is 14.7.